The van der Waals surface area contributed by atoms with Gasteiger partial charge in [0.15, 0.2) is 0 Å². The smallest absolute Gasteiger partial charge is 0.0413 e. The molecule has 0 aromatic heterocycles. The van der Waals surface area contributed by atoms with E-state index in [0.717, 1.165) is 0 Å². The van der Waals surface area contributed by atoms with Crippen LogP contribution in [0.2, 0.25) is 0 Å². The van der Waals surface area contributed by atoms with Gasteiger partial charge in [-0.25, -0.2) is 0 Å². The Labute approximate surface area is 56.4 Å². The Kier molecular flexibility index (Phi) is 4.92. The number of rotatable bonds is 0. The molecule has 0 aromatic carbocycles. The van der Waals surface area contributed by atoms with E-state index in [1.54, 1.807) is 0 Å². The van der Waals surface area contributed by atoms with Crippen molar-refractivity contribution in [3.63, 3.8) is 0 Å². The maximum absolute atomic E-state index is 4.50. The van der Waals surface area contributed by atoms with E-state index in [1.807, 2.05) is 18.4 Å². The van der Waals surface area contributed by atoms with Crippen molar-refractivity contribution in [2.45, 2.75) is 13.0 Å². The first-order valence-corrected chi connectivity index (χ1v) is 3.07. The van der Waals surface area contributed by atoms with E-state index in [1.165, 1.54) is 7.05 Å². The van der Waals surface area contributed by atoms with Crippen LogP contribution in [0.4, 0.5) is 0 Å². The first-order valence-electron chi connectivity index (χ1n) is 3.07. The largest absolute Gasteiger partial charge is 0.385 e. The number of nitrogens with one attached hydrogen (secondary N) is 1. The van der Waals surface area contributed by atoms with Gasteiger partial charge >= 0.3 is 0 Å². The molecule has 0 radical (unpaired) electrons. The molecule has 9 heavy (non-hydrogen) atoms. The Hall–Kier alpha value is -0.760. The average molecular weight is 126 g/mol. The van der Waals surface area contributed by atoms with Crippen LogP contribution in [0.25, 0.3) is 0 Å². The van der Waals surface area contributed by atoms with E-state index in [9.17, 15) is 0 Å². The molecule has 0 saturated carbocycles. The normalized spacial score (nSPS) is 21.9. The minimum atomic E-state index is 0.519. The lowest BCUT2D eigenvalue weighted by Gasteiger charge is -2.07. The summed E-state index contributed by atoms with van der Waals surface area (Å²) >= 11 is 0. The van der Waals surface area contributed by atoms with Crippen molar-refractivity contribution in [3.8, 4) is 0 Å². The average Bonchev–Trinajstić information content (AvgIpc) is 1.94. The van der Waals surface area contributed by atoms with E-state index in [2.05, 4.69) is 24.1 Å². The Bertz CT molecular complexity index is 105. The van der Waals surface area contributed by atoms with Crippen LogP contribution >= 0.6 is 0 Å². The molecule has 0 saturated heterocycles. The molecule has 1 aliphatic rings. The first kappa shape index (κ1) is 8.24. The van der Waals surface area contributed by atoms with E-state index in [0.29, 0.717) is 6.04 Å². The summed E-state index contributed by atoms with van der Waals surface area (Å²) in [5, 5.41) is 3.11. The Morgan fingerprint density at radius 3 is 2.22 bits per heavy atom. The van der Waals surface area contributed by atoms with Crippen molar-refractivity contribution in [2.75, 3.05) is 7.05 Å². The molecule has 1 aliphatic heterocycles. The monoisotopic (exact) mass is 126 g/mol. The van der Waals surface area contributed by atoms with Gasteiger partial charge < -0.3 is 11.1 Å². The van der Waals surface area contributed by atoms with Gasteiger partial charge in [-0.05, 0) is 26.2 Å². The zero-order valence-electron chi connectivity index (χ0n) is 5.96. The number of dihydropyridines is 1. The highest BCUT2D eigenvalue weighted by atomic mass is 14.9. The molecule has 1 heterocycles. The second-order valence-corrected chi connectivity index (χ2v) is 1.70. The number of nitrogens with two attached hydrogens (primary N) is 1. The SMILES string of the molecule is CC1C=CC=CN1.CN. The van der Waals surface area contributed by atoms with Crippen LogP contribution in [0, 0.1) is 0 Å². The van der Waals surface area contributed by atoms with Crippen LogP contribution in [0.15, 0.2) is 24.4 Å². The highest BCUT2D eigenvalue weighted by Crippen LogP contribution is 1.90. The maximum Gasteiger partial charge on any atom is 0.0413 e. The van der Waals surface area contributed by atoms with E-state index < -0.39 is 0 Å². The predicted molar refractivity (Wildman–Crippen MR) is 41.0 cm³/mol. The summed E-state index contributed by atoms with van der Waals surface area (Å²) < 4.78 is 0. The molecule has 0 amide bonds. The highest BCUT2D eigenvalue weighted by Gasteiger charge is 1.90. The lowest BCUT2D eigenvalue weighted by molar-refractivity contribution is 0.761. The van der Waals surface area contributed by atoms with Crippen LogP contribution < -0.4 is 11.1 Å². The standard InChI is InChI=1S/C6H9N.CH5N/c1-6-4-2-3-5-7-6;1-2/h2-7H,1H3;2H2,1H3. The van der Waals surface area contributed by atoms with Crippen LogP contribution in [0.3, 0.4) is 0 Å². The van der Waals surface area contributed by atoms with Gasteiger partial charge in [0.1, 0.15) is 0 Å². The molecule has 52 valence electrons. The summed E-state index contributed by atoms with van der Waals surface area (Å²) in [7, 11) is 1.50. The van der Waals surface area contributed by atoms with Crippen molar-refractivity contribution in [1.29, 1.82) is 0 Å². The molecule has 0 bridgehead atoms. The van der Waals surface area contributed by atoms with Gasteiger partial charge in [0.05, 0.1) is 0 Å². The summed E-state index contributed by atoms with van der Waals surface area (Å²) in [6, 6.07) is 0.519. The van der Waals surface area contributed by atoms with Gasteiger partial charge in [0, 0.05) is 6.04 Å². The molecule has 0 spiro atoms. The summed E-state index contributed by atoms with van der Waals surface area (Å²) in [5.74, 6) is 0. The minimum Gasteiger partial charge on any atom is -0.385 e. The number of allylic oxidation sites excluding steroid dienone is 2. The summed E-state index contributed by atoms with van der Waals surface area (Å²) in [6.45, 7) is 2.11. The number of hydrogen-bond donors (Lipinski definition) is 2. The third-order valence-electron chi connectivity index (χ3n) is 0.966. The molecular weight excluding hydrogens is 112 g/mol. The third-order valence-corrected chi connectivity index (χ3v) is 0.966. The van der Waals surface area contributed by atoms with Gasteiger partial charge in [0.25, 0.3) is 0 Å². The molecule has 1 unspecified atom stereocenters. The molecule has 2 heteroatoms. The van der Waals surface area contributed by atoms with Crippen molar-refractivity contribution in [2.24, 2.45) is 5.73 Å². The fraction of sp³-hybridized carbons (Fsp3) is 0.429. The van der Waals surface area contributed by atoms with Crippen molar-refractivity contribution < 1.29 is 0 Å². The molecule has 1 atom stereocenters. The zero-order valence-corrected chi connectivity index (χ0v) is 5.96. The summed E-state index contributed by atoms with van der Waals surface area (Å²) in [4.78, 5) is 0. The van der Waals surface area contributed by atoms with Gasteiger partial charge in [-0.15, -0.1) is 0 Å². The van der Waals surface area contributed by atoms with Gasteiger partial charge in [0.2, 0.25) is 0 Å². The second-order valence-electron chi connectivity index (χ2n) is 1.70. The molecule has 2 nitrogen and oxygen atoms in total. The van der Waals surface area contributed by atoms with Crippen molar-refractivity contribution in [3.05, 3.63) is 24.4 Å². The number of hydrogen-bond acceptors (Lipinski definition) is 2. The van der Waals surface area contributed by atoms with E-state index in [-0.39, 0.29) is 0 Å². The van der Waals surface area contributed by atoms with Crippen LogP contribution in [-0.2, 0) is 0 Å². The van der Waals surface area contributed by atoms with Gasteiger partial charge in [-0.1, -0.05) is 12.2 Å². The molecular formula is C7H14N2. The quantitative estimate of drug-likeness (QED) is 0.499. The van der Waals surface area contributed by atoms with Gasteiger partial charge in [-0.2, -0.15) is 0 Å². The highest BCUT2D eigenvalue weighted by molar-refractivity contribution is 5.10. The van der Waals surface area contributed by atoms with Crippen LogP contribution in [0.5, 0.6) is 0 Å². The zero-order chi connectivity index (χ0) is 7.11. The Morgan fingerprint density at radius 2 is 2.00 bits per heavy atom. The minimum absolute atomic E-state index is 0.519. The summed E-state index contributed by atoms with van der Waals surface area (Å²) in [6.07, 6.45) is 8.09. The van der Waals surface area contributed by atoms with Crippen molar-refractivity contribution in [1.82, 2.24) is 5.32 Å². The Morgan fingerprint density at radius 1 is 1.33 bits per heavy atom. The molecule has 0 aromatic rings. The maximum atomic E-state index is 4.50. The Balaban J connectivity index is 0.000000291. The van der Waals surface area contributed by atoms with Crippen molar-refractivity contribution >= 4 is 0 Å². The second kappa shape index (κ2) is 5.38. The first-order chi connectivity index (χ1) is 4.39. The fourth-order valence-electron chi connectivity index (χ4n) is 0.549. The van der Waals surface area contributed by atoms with Crippen LogP contribution in [-0.4, -0.2) is 13.1 Å². The molecule has 3 N–H and O–H groups in total. The third kappa shape index (κ3) is 3.79. The molecule has 0 fully saturated rings. The lowest BCUT2D eigenvalue weighted by Crippen LogP contribution is -2.18. The van der Waals surface area contributed by atoms with Crippen LogP contribution in [0.1, 0.15) is 6.92 Å². The topological polar surface area (TPSA) is 38.0 Å². The molecule has 0 aliphatic carbocycles. The van der Waals surface area contributed by atoms with E-state index in [4.69, 9.17) is 0 Å². The lowest BCUT2D eigenvalue weighted by atomic mass is 10.2. The fourth-order valence-corrected chi connectivity index (χ4v) is 0.549. The molecule has 1 rings (SSSR count). The summed E-state index contributed by atoms with van der Waals surface area (Å²) in [5.41, 5.74) is 4.50. The van der Waals surface area contributed by atoms with Gasteiger partial charge in [-0.3, -0.25) is 0 Å². The predicted octanol–water partition coefficient (Wildman–Crippen LogP) is 0.623. The van der Waals surface area contributed by atoms with E-state index >= 15 is 0 Å².